The third kappa shape index (κ3) is 2.77. The predicted octanol–water partition coefficient (Wildman–Crippen LogP) is 3.97. The number of halogens is 2. The van der Waals surface area contributed by atoms with Crippen LogP contribution in [-0.4, -0.2) is 17.0 Å². The molecule has 1 aromatic heterocycles. The Kier molecular flexibility index (Phi) is 3.87. The normalized spacial score (nSPS) is 10.3. The summed E-state index contributed by atoms with van der Waals surface area (Å²) >= 11 is 11.9. The summed E-state index contributed by atoms with van der Waals surface area (Å²) in [5.41, 5.74) is 0.921. The van der Waals surface area contributed by atoms with Crippen molar-refractivity contribution in [2.45, 2.75) is 0 Å². The van der Waals surface area contributed by atoms with Crippen molar-refractivity contribution in [2.75, 3.05) is 7.11 Å². The average molecular weight is 299 g/mol. The molecule has 0 saturated heterocycles. The highest BCUT2D eigenvalue weighted by atomic mass is 35.5. The Labute approximate surface area is 118 Å². The molecule has 0 fully saturated rings. The van der Waals surface area contributed by atoms with Crippen LogP contribution in [0.15, 0.2) is 30.5 Å². The lowest BCUT2D eigenvalue weighted by Gasteiger charge is -2.06. The molecule has 1 heterocycles. The van der Waals surface area contributed by atoms with Crippen LogP contribution in [0.1, 0.15) is 0 Å². The lowest BCUT2D eigenvalue weighted by atomic mass is 10.1. The molecule has 0 aliphatic rings. The topological polar surface area (TPSA) is 65.3 Å². The standard InChI is InChI=1S/C12H8Cl2N2O3/c1-19-12-11(16(17)18)4-7(6-15-12)9-3-2-8(13)5-10(9)14/h2-6H,1H3. The second-order valence-corrected chi connectivity index (χ2v) is 4.48. The molecule has 98 valence electrons. The van der Waals surface area contributed by atoms with Crippen molar-refractivity contribution >= 4 is 28.9 Å². The van der Waals surface area contributed by atoms with Crippen LogP contribution >= 0.6 is 23.2 Å². The van der Waals surface area contributed by atoms with E-state index < -0.39 is 4.92 Å². The van der Waals surface area contributed by atoms with Crippen LogP contribution in [0.2, 0.25) is 10.0 Å². The van der Waals surface area contributed by atoms with E-state index in [1.54, 1.807) is 18.2 Å². The Hall–Kier alpha value is -1.85. The number of pyridine rings is 1. The van der Waals surface area contributed by atoms with Gasteiger partial charge >= 0.3 is 5.69 Å². The highest BCUT2D eigenvalue weighted by Crippen LogP contribution is 2.34. The van der Waals surface area contributed by atoms with Crippen molar-refractivity contribution in [1.82, 2.24) is 4.98 Å². The Morgan fingerprint density at radius 2 is 2.05 bits per heavy atom. The molecule has 0 bridgehead atoms. The first-order valence-corrected chi connectivity index (χ1v) is 5.92. The van der Waals surface area contributed by atoms with Crippen molar-refractivity contribution in [1.29, 1.82) is 0 Å². The molecule has 0 aliphatic carbocycles. The van der Waals surface area contributed by atoms with Gasteiger partial charge in [-0.15, -0.1) is 0 Å². The van der Waals surface area contributed by atoms with E-state index in [9.17, 15) is 10.1 Å². The van der Waals surface area contributed by atoms with E-state index in [-0.39, 0.29) is 11.6 Å². The minimum absolute atomic E-state index is 0.0427. The van der Waals surface area contributed by atoms with Gasteiger partial charge < -0.3 is 4.74 Å². The first-order chi connectivity index (χ1) is 9.02. The third-order valence-electron chi connectivity index (χ3n) is 2.46. The van der Waals surface area contributed by atoms with Gasteiger partial charge in [0.25, 0.3) is 5.88 Å². The minimum Gasteiger partial charge on any atom is -0.476 e. The van der Waals surface area contributed by atoms with E-state index >= 15 is 0 Å². The van der Waals surface area contributed by atoms with Gasteiger partial charge in [0.2, 0.25) is 0 Å². The molecular weight excluding hydrogens is 291 g/mol. The van der Waals surface area contributed by atoms with E-state index in [2.05, 4.69) is 4.98 Å². The van der Waals surface area contributed by atoms with Crippen LogP contribution in [0.3, 0.4) is 0 Å². The maximum Gasteiger partial charge on any atom is 0.331 e. The predicted molar refractivity (Wildman–Crippen MR) is 72.9 cm³/mol. The SMILES string of the molecule is COc1ncc(-c2ccc(Cl)cc2Cl)cc1[N+](=O)[O-]. The number of rotatable bonds is 3. The van der Waals surface area contributed by atoms with E-state index in [0.29, 0.717) is 21.2 Å². The molecule has 0 N–H and O–H groups in total. The molecule has 1 aromatic carbocycles. The molecule has 7 heteroatoms. The molecule has 5 nitrogen and oxygen atoms in total. The number of ether oxygens (including phenoxy) is 1. The fourth-order valence-electron chi connectivity index (χ4n) is 1.60. The van der Waals surface area contributed by atoms with Crippen LogP contribution in [0.4, 0.5) is 5.69 Å². The summed E-state index contributed by atoms with van der Waals surface area (Å²) in [5.74, 6) is -0.0427. The largest absolute Gasteiger partial charge is 0.476 e. The van der Waals surface area contributed by atoms with Crippen molar-refractivity contribution in [3.05, 3.63) is 50.6 Å². The van der Waals surface area contributed by atoms with Gasteiger partial charge in [0.15, 0.2) is 0 Å². The van der Waals surface area contributed by atoms with Gasteiger partial charge in [-0.05, 0) is 12.1 Å². The lowest BCUT2D eigenvalue weighted by molar-refractivity contribution is -0.386. The molecule has 0 saturated carbocycles. The Balaban J connectivity index is 2.57. The molecule has 19 heavy (non-hydrogen) atoms. The fraction of sp³-hybridized carbons (Fsp3) is 0.0833. The zero-order valence-electron chi connectivity index (χ0n) is 9.76. The summed E-state index contributed by atoms with van der Waals surface area (Å²) in [6.45, 7) is 0. The van der Waals surface area contributed by atoms with Gasteiger partial charge in [0.05, 0.1) is 12.0 Å². The van der Waals surface area contributed by atoms with E-state index in [0.717, 1.165) is 0 Å². The number of nitrogens with zero attached hydrogens (tertiary/aromatic N) is 2. The van der Waals surface area contributed by atoms with Crippen LogP contribution in [0.25, 0.3) is 11.1 Å². The molecule has 0 atom stereocenters. The number of hydrogen-bond donors (Lipinski definition) is 0. The summed E-state index contributed by atoms with van der Waals surface area (Å²) in [6.07, 6.45) is 1.46. The van der Waals surface area contributed by atoms with E-state index in [1.165, 1.54) is 19.4 Å². The minimum atomic E-state index is -0.556. The number of hydrogen-bond acceptors (Lipinski definition) is 4. The zero-order chi connectivity index (χ0) is 14.0. The summed E-state index contributed by atoms with van der Waals surface area (Å²) in [5, 5.41) is 11.8. The third-order valence-corrected chi connectivity index (χ3v) is 3.01. The quantitative estimate of drug-likeness (QED) is 0.635. The lowest BCUT2D eigenvalue weighted by Crippen LogP contribution is -1.96. The molecule has 0 unspecified atom stereocenters. The van der Waals surface area contributed by atoms with Crippen LogP contribution in [-0.2, 0) is 0 Å². The first-order valence-electron chi connectivity index (χ1n) is 5.16. The highest BCUT2D eigenvalue weighted by Gasteiger charge is 2.18. The van der Waals surface area contributed by atoms with Crippen LogP contribution in [0.5, 0.6) is 5.88 Å². The molecule has 0 radical (unpaired) electrons. The van der Waals surface area contributed by atoms with Gasteiger partial charge in [0, 0.05) is 33.4 Å². The Morgan fingerprint density at radius 3 is 2.63 bits per heavy atom. The second kappa shape index (κ2) is 5.42. The van der Waals surface area contributed by atoms with Crippen LogP contribution in [0, 0.1) is 10.1 Å². The van der Waals surface area contributed by atoms with Gasteiger partial charge in [0.1, 0.15) is 0 Å². The van der Waals surface area contributed by atoms with Crippen molar-refractivity contribution < 1.29 is 9.66 Å². The summed E-state index contributed by atoms with van der Waals surface area (Å²) in [6, 6.07) is 6.26. The number of methoxy groups -OCH3 is 1. The molecule has 2 aromatic rings. The van der Waals surface area contributed by atoms with Gasteiger partial charge in [-0.2, -0.15) is 0 Å². The fourth-order valence-corrected chi connectivity index (χ4v) is 2.12. The smallest absolute Gasteiger partial charge is 0.331 e. The summed E-state index contributed by atoms with van der Waals surface area (Å²) in [4.78, 5) is 14.3. The molecular formula is C12H8Cl2N2O3. The average Bonchev–Trinajstić information content (AvgIpc) is 2.38. The number of benzene rings is 1. The van der Waals surface area contributed by atoms with Gasteiger partial charge in [-0.3, -0.25) is 10.1 Å². The Bertz CT molecular complexity index is 647. The maximum absolute atomic E-state index is 10.9. The number of aromatic nitrogens is 1. The van der Waals surface area contributed by atoms with Crippen molar-refractivity contribution in [3.63, 3.8) is 0 Å². The summed E-state index contributed by atoms with van der Waals surface area (Å²) in [7, 11) is 1.32. The highest BCUT2D eigenvalue weighted by molar-refractivity contribution is 6.36. The summed E-state index contributed by atoms with van der Waals surface area (Å²) < 4.78 is 4.84. The van der Waals surface area contributed by atoms with Crippen molar-refractivity contribution in [2.24, 2.45) is 0 Å². The monoisotopic (exact) mass is 298 g/mol. The Morgan fingerprint density at radius 1 is 1.32 bits per heavy atom. The van der Waals surface area contributed by atoms with Crippen LogP contribution < -0.4 is 4.74 Å². The van der Waals surface area contributed by atoms with Gasteiger partial charge in [-0.25, -0.2) is 4.98 Å². The van der Waals surface area contributed by atoms with Gasteiger partial charge in [-0.1, -0.05) is 29.3 Å². The molecule has 0 amide bonds. The molecule has 0 spiro atoms. The zero-order valence-corrected chi connectivity index (χ0v) is 11.3. The van der Waals surface area contributed by atoms with Crippen molar-refractivity contribution in [3.8, 4) is 17.0 Å². The second-order valence-electron chi connectivity index (χ2n) is 3.63. The molecule has 2 rings (SSSR count). The number of nitro groups is 1. The van der Waals surface area contributed by atoms with E-state index in [4.69, 9.17) is 27.9 Å². The molecule has 0 aliphatic heterocycles. The first kappa shape index (κ1) is 13.6. The maximum atomic E-state index is 10.9. The van der Waals surface area contributed by atoms with E-state index in [1.807, 2.05) is 0 Å².